The Bertz CT molecular complexity index is 705. The van der Waals surface area contributed by atoms with E-state index in [0.717, 1.165) is 11.4 Å². The van der Waals surface area contributed by atoms with Gasteiger partial charge in [-0.25, -0.2) is 0 Å². The first-order chi connectivity index (χ1) is 11.5. The van der Waals surface area contributed by atoms with E-state index < -0.39 is 0 Å². The number of para-hydroxylation sites is 2. The number of rotatable bonds is 7. The molecule has 0 spiro atoms. The normalized spacial score (nSPS) is 10.5. The Kier molecular flexibility index (Phi) is 6.76. The molecule has 2 aromatic rings. The second-order valence-corrected chi connectivity index (χ2v) is 6.33. The van der Waals surface area contributed by atoms with Crippen LogP contribution in [0.1, 0.15) is 20.3 Å². The largest absolute Gasteiger partial charge is 0.489 e. The highest BCUT2D eigenvalue weighted by Gasteiger charge is 2.07. The Labute approximate surface area is 152 Å². The summed E-state index contributed by atoms with van der Waals surface area (Å²) in [4.78, 5) is 12.0. The summed E-state index contributed by atoms with van der Waals surface area (Å²) in [5.74, 6) is 0.667. The van der Waals surface area contributed by atoms with Gasteiger partial charge in [-0.3, -0.25) is 4.79 Å². The number of carbonyl (C=O) groups excluding carboxylic acids is 1. The molecule has 2 N–H and O–H groups in total. The topological polar surface area (TPSA) is 50.4 Å². The summed E-state index contributed by atoms with van der Waals surface area (Å²) in [6.45, 7) is 4.44. The lowest BCUT2D eigenvalue weighted by Crippen LogP contribution is -2.17. The molecule has 24 heavy (non-hydrogen) atoms. The highest BCUT2D eigenvalue weighted by molar-refractivity contribution is 6.42. The first-order valence-corrected chi connectivity index (χ1v) is 8.46. The van der Waals surface area contributed by atoms with E-state index in [4.69, 9.17) is 27.9 Å². The summed E-state index contributed by atoms with van der Waals surface area (Å²) < 4.78 is 5.73. The molecule has 0 heterocycles. The molecule has 0 radical (unpaired) electrons. The molecule has 2 rings (SSSR count). The molecule has 4 nitrogen and oxygen atoms in total. The number of hydrogen-bond donors (Lipinski definition) is 2. The van der Waals surface area contributed by atoms with Gasteiger partial charge < -0.3 is 15.4 Å². The summed E-state index contributed by atoms with van der Waals surface area (Å²) >= 11 is 11.8. The van der Waals surface area contributed by atoms with E-state index in [1.165, 1.54) is 0 Å². The lowest BCUT2D eigenvalue weighted by molar-refractivity contribution is -0.115. The maximum absolute atomic E-state index is 12.0. The number of nitrogens with one attached hydrogen (secondary N) is 2. The minimum atomic E-state index is -0.108. The Balaban J connectivity index is 1.85. The summed E-state index contributed by atoms with van der Waals surface area (Å²) in [6, 6.07) is 12.7. The molecule has 128 valence electrons. The van der Waals surface area contributed by atoms with Gasteiger partial charge in [0.2, 0.25) is 5.91 Å². The number of benzene rings is 2. The first kappa shape index (κ1) is 18.4. The van der Waals surface area contributed by atoms with Crippen LogP contribution < -0.4 is 15.4 Å². The van der Waals surface area contributed by atoms with Gasteiger partial charge in [0, 0.05) is 18.7 Å². The van der Waals surface area contributed by atoms with Crippen molar-refractivity contribution in [1.29, 1.82) is 0 Å². The lowest BCUT2D eigenvalue weighted by atomic mass is 10.2. The van der Waals surface area contributed by atoms with Gasteiger partial charge in [0.25, 0.3) is 0 Å². The van der Waals surface area contributed by atoms with E-state index in [1.807, 2.05) is 38.1 Å². The van der Waals surface area contributed by atoms with Crippen LogP contribution in [0.15, 0.2) is 42.5 Å². The van der Waals surface area contributed by atoms with Gasteiger partial charge in [0.15, 0.2) is 0 Å². The molecule has 0 saturated heterocycles. The molecule has 0 aliphatic rings. The van der Waals surface area contributed by atoms with E-state index in [-0.39, 0.29) is 12.0 Å². The van der Waals surface area contributed by atoms with Crippen molar-refractivity contribution in [3.8, 4) is 5.75 Å². The molecular formula is C18H20Cl2N2O2. The van der Waals surface area contributed by atoms with Crippen LogP contribution >= 0.6 is 23.2 Å². The quantitative estimate of drug-likeness (QED) is 0.705. The minimum absolute atomic E-state index is 0.0888. The maximum Gasteiger partial charge on any atom is 0.226 e. The van der Waals surface area contributed by atoms with Crippen molar-refractivity contribution in [2.45, 2.75) is 26.4 Å². The number of amides is 1. The molecule has 0 aromatic heterocycles. The Morgan fingerprint density at radius 2 is 1.88 bits per heavy atom. The average Bonchev–Trinajstić information content (AvgIpc) is 2.52. The van der Waals surface area contributed by atoms with Gasteiger partial charge in [-0.15, -0.1) is 0 Å². The van der Waals surface area contributed by atoms with Gasteiger partial charge in [0.1, 0.15) is 5.75 Å². The predicted octanol–water partition coefficient (Wildman–Crippen LogP) is 5.22. The van der Waals surface area contributed by atoms with Crippen molar-refractivity contribution in [1.82, 2.24) is 0 Å². The van der Waals surface area contributed by atoms with Crippen LogP contribution in [-0.2, 0) is 4.79 Å². The first-order valence-electron chi connectivity index (χ1n) is 7.70. The van der Waals surface area contributed by atoms with Crippen molar-refractivity contribution in [3.05, 3.63) is 52.5 Å². The third kappa shape index (κ3) is 5.62. The predicted molar refractivity (Wildman–Crippen MR) is 100 cm³/mol. The number of hydrogen-bond acceptors (Lipinski definition) is 3. The van der Waals surface area contributed by atoms with E-state index in [9.17, 15) is 4.79 Å². The Hall–Kier alpha value is -1.91. The monoisotopic (exact) mass is 366 g/mol. The Morgan fingerprint density at radius 3 is 2.58 bits per heavy atom. The molecular weight excluding hydrogens is 347 g/mol. The fraction of sp³-hybridized carbons (Fsp3) is 0.278. The molecule has 0 bridgehead atoms. The van der Waals surface area contributed by atoms with E-state index in [1.54, 1.807) is 18.2 Å². The fourth-order valence-electron chi connectivity index (χ4n) is 2.08. The third-order valence-electron chi connectivity index (χ3n) is 3.12. The lowest BCUT2D eigenvalue weighted by Gasteiger charge is -2.15. The zero-order valence-electron chi connectivity index (χ0n) is 13.6. The maximum atomic E-state index is 12.0. The minimum Gasteiger partial charge on any atom is -0.489 e. The highest BCUT2D eigenvalue weighted by atomic mass is 35.5. The van der Waals surface area contributed by atoms with Crippen LogP contribution in [0.25, 0.3) is 0 Å². The Morgan fingerprint density at radius 1 is 1.12 bits per heavy atom. The number of ether oxygens (including phenoxy) is 1. The van der Waals surface area contributed by atoms with Gasteiger partial charge in [0.05, 0.1) is 21.8 Å². The molecule has 6 heteroatoms. The molecule has 0 aliphatic heterocycles. The third-order valence-corrected chi connectivity index (χ3v) is 3.86. The van der Waals surface area contributed by atoms with Gasteiger partial charge in [-0.1, -0.05) is 35.3 Å². The van der Waals surface area contributed by atoms with Crippen molar-refractivity contribution in [2.24, 2.45) is 0 Å². The zero-order valence-corrected chi connectivity index (χ0v) is 15.1. The van der Waals surface area contributed by atoms with Crippen LogP contribution in [0.2, 0.25) is 10.0 Å². The molecule has 0 saturated carbocycles. The van der Waals surface area contributed by atoms with Gasteiger partial charge >= 0.3 is 0 Å². The number of halogens is 2. The smallest absolute Gasteiger partial charge is 0.226 e. The average molecular weight is 367 g/mol. The van der Waals surface area contributed by atoms with Crippen molar-refractivity contribution >= 4 is 40.5 Å². The summed E-state index contributed by atoms with van der Waals surface area (Å²) in [6.07, 6.45) is 0.405. The van der Waals surface area contributed by atoms with Crippen LogP contribution in [-0.4, -0.2) is 18.6 Å². The number of anilines is 2. The summed E-state index contributed by atoms with van der Waals surface area (Å²) in [5.41, 5.74) is 1.49. The molecule has 0 aliphatic carbocycles. The standard InChI is InChI=1S/C18H20Cl2N2O2/c1-12(2)24-17-6-4-3-5-16(17)21-10-9-18(23)22-13-7-8-14(19)15(20)11-13/h3-8,11-12,21H,9-10H2,1-2H3,(H,22,23). The van der Waals surface area contributed by atoms with Crippen molar-refractivity contribution in [2.75, 3.05) is 17.2 Å². The highest BCUT2D eigenvalue weighted by Crippen LogP contribution is 2.26. The fourth-order valence-corrected chi connectivity index (χ4v) is 2.38. The second-order valence-electron chi connectivity index (χ2n) is 5.52. The number of carbonyl (C=O) groups is 1. The zero-order chi connectivity index (χ0) is 17.5. The molecule has 0 atom stereocenters. The summed E-state index contributed by atoms with van der Waals surface area (Å²) in [5, 5.41) is 6.88. The van der Waals surface area contributed by atoms with E-state index in [0.29, 0.717) is 28.7 Å². The molecule has 1 amide bonds. The van der Waals surface area contributed by atoms with Crippen LogP contribution in [0.3, 0.4) is 0 Å². The van der Waals surface area contributed by atoms with Crippen molar-refractivity contribution < 1.29 is 9.53 Å². The van der Waals surface area contributed by atoms with E-state index in [2.05, 4.69) is 10.6 Å². The van der Waals surface area contributed by atoms with Crippen LogP contribution in [0, 0.1) is 0 Å². The van der Waals surface area contributed by atoms with Crippen LogP contribution in [0.4, 0.5) is 11.4 Å². The van der Waals surface area contributed by atoms with E-state index >= 15 is 0 Å². The second kappa shape index (κ2) is 8.81. The van der Waals surface area contributed by atoms with Crippen LogP contribution in [0.5, 0.6) is 5.75 Å². The molecule has 0 fully saturated rings. The van der Waals surface area contributed by atoms with Gasteiger partial charge in [-0.2, -0.15) is 0 Å². The molecule has 2 aromatic carbocycles. The van der Waals surface area contributed by atoms with Crippen molar-refractivity contribution in [3.63, 3.8) is 0 Å². The SMILES string of the molecule is CC(C)Oc1ccccc1NCCC(=O)Nc1ccc(Cl)c(Cl)c1. The molecule has 0 unspecified atom stereocenters. The van der Waals surface area contributed by atoms with Gasteiger partial charge in [-0.05, 0) is 44.2 Å². The summed E-state index contributed by atoms with van der Waals surface area (Å²) in [7, 11) is 0.